The van der Waals surface area contributed by atoms with Crippen LogP contribution in [0.4, 0.5) is 0 Å². The van der Waals surface area contributed by atoms with Gasteiger partial charge in [0.15, 0.2) is 0 Å². The molecule has 1 amide bonds. The van der Waals surface area contributed by atoms with Crippen LogP contribution in [0.1, 0.15) is 39.5 Å². The van der Waals surface area contributed by atoms with E-state index in [0.717, 1.165) is 6.42 Å². The standard InChI is InChI=1S/C8H17NO/c1-3-4-5-7(2)6-8(9)10/h7H,3-6H2,1-2H3,(H2,9,10). The lowest BCUT2D eigenvalue weighted by Crippen LogP contribution is -2.14. The molecular formula is C8H17NO. The maximum atomic E-state index is 10.4. The van der Waals surface area contributed by atoms with Crippen LogP contribution in [0.2, 0.25) is 0 Å². The van der Waals surface area contributed by atoms with Crippen LogP contribution in [0.15, 0.2) is 0 Å². The molecule has 2 heteroatoms. The molecule has 60 valence electrons. The Bertz CT molecular complexity index is 101. The van der Waals surface area contributed by atoms with Crippen molar-refractivity contribution < 1.29 is 4.79 Å². The molecule has 2 N–H and O–H groups in total. The first-order valence-electron chi connectivity index (χ1n) is 3.95. The number of hydrogen-bond acceptors (Lipinski definition) is 1. The summed E-state index contributed by atoms with van der Waals surface area (Å²) >= 11 is 0. The predicted molar refractivity (Wildman–Crippen MR) is 42.5 cm³/mol. The van der Waals surface area contributed by atoms with Crippen LogP contribution in [0.25, 0.3) is 0 Å². The number of nitrogens with two attached hydrogens (primary N) is 1. The van der Waals surface area contributed by atoms with Crippen LogP contribution >= 0.6 is 0 Å². The summed E-state index contributed by atoms with van der Waals surface area (Å²) in [6.07, 6.45) is 4.07. The average molecular weight is 143 g/mol. The third-order valence-electron chi connectivity index (χ3n) is 1.60. The van der Waals surface area contributed by atoms with Crippen LogP contribution in [-0.4, -0.2) is 5.91 Å². The quantitative estimate of drug-likeness (QED) is 0.625. The maximum Gasteiger partial charge on any atom is 0.217 e. The highest BCUT2D eigenvalue weighted by Crippen LogP contribution is 2.10. The lowest BCUT2D eigenvalue weighted by atomic mass is 10.0. The van der Waals surface area contributed by atoms with Crippen molar-refractivity contribution in [2.45, 2.75) is 39.5 Å². The van der Waals surface area contributed by atoms with Crippen LogP contribution in [-0.2, 0) is 4.79 Å². The van der Waals surface area contributed by atoms with Gasteiger partial charge in [0.2, 0.25) is 5.91 Å². The van der Waals surface area contributed by atoms with Crippen molar-refractivity contribution in [3.8, 4) is 0 Å². The van der Waals surface area contributed by atoms with Crippen LogP contribution < -0.4 is 5.73 Å². The summed E-state index contributed by atoms with van der Waals surface area (Å²) in [5, 5.41) is 0. The highest BCUT2D eigenvalue weighted by Gasteiger charge is 2.03. The Kier molecular flexibility index (Phi) is 4.99. The third kappa shape index (κ3) is 5.60. The first-order chi connectivity index (χ1) is 4.66. The molecule has 0 spiro atoms. The molecule has 0 saturated heterocycles. The minimum atomic E-state index is -0.177. The Morgan fingerprint density at radius 1 is 1.60 bits per heavy atom. The van der Waals surface area contributed by atoms with Crippen molar-refractivity contribution in [2.24, 2.45) is 11.7 Å². The predicted octanol–water partition coefficient (Wildman–Crippen LogP) is 1.69. The third-order valence-corrected chi connectivity index (χ3v) is 1.60. The lowest BCUT2D eigenvalue weighted by molar-refractivity contribution is -0.118. The van der Waals surface area contributed by atoms with E-state index in [9.17, 15) is 4.79 Å². The van der Waals surface area contributed by atoms with Crippen LogP contribution in [0.3, 0.4) is 0 Å². The summed E-state index contributed by atoms with van der Waals surface area (Å²) in [6, 6.07) is 0. The number of rotatable bonds is 5. The van der Waals surface area contributed by atoms with Gasteiger partial charge in [0.25, 0.3) is 0 Å². The van der Waals surface area contributed by atoms with Gasteiger partial charge in [-0.3, -0.25) is 4.79 Å². The molecule has 0 rings (SSSR count). The Balaban J connectivity index is 3.25. The zero-order valence-electron chi connectivity index (χ0n) is 6.89. The Hall–Kier alpha value is -0.530. The first-order valence-corrected chi connectivity index (χ1v) is 3.95. The van der Waals surface area contributed by atoms with Crippen molar-refractivity contribution in [3.63, 3.8) is 0 Å². The fraction of sp³-hybridized carbons (Fsp3) is 0.875. The van der Waals surface area contributed by atoms with Crippen LogP contribution in [0, 0.1) is 5.92 Å². The van der Waals surface area contributed by atoms with E-state index < -0.39 is 0 Å². The molecular weight excluding hydrogens is 126 g/mol. The monoisotopic (exact) mass is 143 g/mol. The second-order valence-corrected chi connectivity index (χ2v) is 2.92. The molecule has 0 fully saturated rings. The molecule has 10 heavy (non-hydrogen) atoms. The molecule has 0 aromatic rings. The molecule has 2 nitrogen and oxygen atoms in total. The fourth-order valence-corrected chi connectivity index (χ4v) is 0.998. The summed E-state index contributed by atoms with van der Waals surface area (Å²) < 4.78 is 0. The average Bonchev–Trinajstić information content (AvgIpc) is 1.82. The zero-order valence-corrected chi connectivity index (χ0v) is 6.89. The van der Waals surface area contributed by atoms with E-state index in [0.29, 0.717) is 12.3 Å². The Labute approximate surface area is 62.8 Å². The number of carbonyl (C=O) groups is 1. The summed E-state index contributed by atoms with van der Waals surface area (Å²) in [6.45, 7) is 4.22. The van der Waals surface area contributed by atoms with Gasteiger partial charge in [-0.15, -0.1) is 0 Å². The minimum Gasteiger partial charge on any atom is -0.370 e. The molecule has 0 aromatic carbocycles. The molecule has 0 aromatic heterocycles. The zero-order chi connectivity index (χ0) is 7.98. The molecule has 0 aliphatic heterocycles. The van der Waals surface area contributed by atoms with Gasteiger partial charge in [0.1, 0.15) is 0 Å². The van der Waals surface area contributed by atoms with E-state index in [2.05, 4.69) is 13.8 Å². The summed E-state index contributed by atoms with van der Waals surface area (Å²) in [5.74, 6) is 0.293. The van der Waals surface area contributed by atoms with E-state index in [1.165, 1.54) is 12.8 Å². The van der Waals surface area contributed by atoms with Crippen LogP contribution in [0.5, 0.6) is 0 Å². The second kappa shape index (κ2) is 5.27. The van der Waals surface area contributed by atoms with Crippen molar-refractivity contribution in [1.29, 1.82) is 0 Å². The largest absolute Gasteiger partial charge is 0.370 e. The summed E-state index contributed by atoms with van der Waals surface area (Å²) in [5.41, 5.74) is 5.03. The van der Waals surface area contributed by atoms with E-state index in [4.69, 9.17) is 5.73 Å². The molecule has 0 saturated carbocycles. The molecule has 1 atom stereocenters. The highest BCUT2D eigenvalue weighted by molar-refractivity contribution is 5.73. The van der Waals surface area contributed by atoms with E-state index in [1.54, 1.807) is 0 Å². The number of amides is 1. The number of carbonyl (C=O) groups excluding carboxylic acids is 1. The van der Waals surface area contributed by atoms with Crippen molar-refractivity contribution in [1.82, 2.24) is 0 Å². The minimum absolute atomic E-state index is 0.177. The number of hydrogen-bond donors (Lipinski definition) is 1. The molecule has 0 heterocycles. The number of unbranched alkanes of at least 4 members (excludes halogenated alkanes) is 1. The van der Waals surface area contributed by atoms with Gasteiger partial charge in [-0.05, 0) is 5.92 Å². The van der Waals surface area contributed by atoms with E-state index in [-0.39, 0.29) is 5.91 Å². The van der Waals surface area contributed by atoms with Gasteiger partial charge in [0.05, 0.1) is 0 Å². The van der Waals surface area contributed by atoms with Gasteiger partial charge in [-0.25, -0.2) is 0 Å². The molecule has 0 aliphatic rings. The van der Waals surface area contributed by atoms with Crippen molar-refractivity contribution >= 4 is 5.91 Å². The van der Waals surface area contributed by atoms with Gasteiger partial charge in [-0.2, -0.15) is 0 Å². The molecule has 0 bridgehead atoms. The molecule has 0 aliphatic carbocycles. The topological polar surface area (TPSA) is 43.1 Å². The van der Waals surface area contributed by atoms with E-state index >= 15 is 0 Å². The second-order valence-electron chi connectivity index (χ2n) is 2.92. The lowest BCUT2D eigenvalue weighted by Gasteiger charge is -2.06. The SMILES string of the molecule is CCCCC(C)CC(N)=O. The highest BCUT2D eigenvalue weighted by atomic mass is 16.1. The molecule has 0 radical (unpaired) electrons. The van der Waals surface area contributed by atoms with Gasteiger partial charge in [-0.1, -0.05) is 33.1 Å². The normalized spacial score (nSPS) is 13.0. The van der Waals surface area contributed by atoms with Crippen molar-refractivity contribution in [2.75, 3.05) is 0 Å². The first kappa shape index (κ1) is 9.47. The maximum absolute atomic E-state index is 10.4. The van der Waals surface area contributed by atoms with E-state index in [1.807, 2.05) is 0 Å². The fourth-order valence-electron chi connectivity index (χ4n) is 0.998. The van der Waals surface area contributed by atoms with Gasteiger partial charge >= 0.3 is 0 Å². The summed E-state index contributed by atoms with van der Waals surface area (Å²) in [4.78, 5) is 10.4. The molecule has 1 unspecified atom stereocenters. The Morgan fingerprint density at radius 3 is 2.60 bits per heavy atom. The smallest absolute Gasteiger partial charge is 0.217 e. The number of primary amides is 1. The Morgan fingerprint density at radius 2 is 2.20 bits per heavy atom. The van der Waals surface area contributed by atoms with Crippen molar-refractivity contribution in [3.05, 3.63) is 0 Å². The summed E-state index contributed by atoms with van der Waals surface area (Å²) in [7, 11) is 0. The van der Waals surface area contributed by atoms with Gasteiger partial charge < -0.3 is 5.73 Å². The van der Waals surface area contributed by atoms with Gasteiger partial charge in [0, 0.05) is 6.42 Å².